The van der Waals surface area contributed by atoms with Gasteiger partial charge in [-0.2, -0.15) is 0 Å². The summed E-state index contributed by atoms with van der Waals surface area (Å²) in [6.45, 7) is 5.59. The zero-order chi connectivity index (χ0) is 21.3. The lowest BCUT2D eigenvalue weighted by atomic mass is 9.90. The van der Waals surface area contributed by atoms with Crippen molar-refractivity contribution >= 4 is 11.6 Å². The van der Waals surface area contributed by atoms with Gasteiger partial charge < -0.3 is 19.9 Å². The van der Waals surface area contributed by atoms with Crippen LogP contribution in [0.25, 0.3) is 0 Å². The minimum atomic E-state index is -1.30. The van der Waals surface area contributed by atoms with E-state index < -0.39 is 17.5 Å². The van der Waals surface area contributed by atoms with Gasteiger partial charge in [-0.3, -0.25) is 4.79 Å². The lowest BCUT2D eigenvalue weighted by Gasteiger charge is -2.22. The highest BCUT2D eigenvalue weighted by atomic mass is 16.3. The molecule has 3 N–H and O–H groups in total. The van der Waals surface area contributed by atoms with E-state index in [0.29, 0.717) is 29.8 Å². The first kappa shape index (κ1) is 20.3. The molecule has 0 spiro atoms. The van der Waals surface area contributed by atoms with E-state index in [1.165, 1.54) is 24.9 Å². The summed E-state index contributed by atoms with van der Waals surface area (Å²) in [5.74, 6) is 0.0175. The number of carbonyl (C=O) groups excluding carboxylic acids is 1. The Labute approximate surface area is 174 Å². The van der Waals surface area contributed by atoms with Crippen molar-refractivity contribution in [2.24, 2.45) is 5.92 Å². The fraction of sp³-hybridized carbons (Fsp3) is 0.304. The van der Waals surface area contributed by atoms with Crippen molar-refractivity contribution in [1.82, 2.24) is 9.97 Å². The van der Waals surface area contributed by atoms with E-state index in [-0.39, 0.29) is 23.3 Å². The van der Waals surface area contributed by atoms with Gasteiger partial charge >= 0.3 is 0 Å². The zero-order valence-corrected chi connectivity index (χ0v) is 16.7. The predicted octanol–water partition coefficient (Wildman–Crippen LogP) is 2.94. The minimum Gasteiger partial charge on any atom is -0.460 e. The second-order valence-corrected chi connectivity index (χ2v) is 7.89. The summed E-state index contributed by atoms with van der Waals surface area (Å²) in [5.41, 5.74) is 0.125. The van der Waals surface area contributed by atoms with E-state index in [2.05, 4.69) is 22.2 Å². The molecule has 0 amide bonds. The molecule has 4 atom stereocenters. The molecule has 1 aliphatic rings. The first-order chi connectivity index (χ1) is 14.4. The van der Waals surface area contributed by atoms with Crippen LogP contribution in [0.4, 0.5) is 5.82 Å². The third-order valence-electron chi connectivity index (χ3n) is 5.68. The van der Waals surface area contributed by atoms with Crippen molar-refractivity contribution in [2.45, 2.75) is 37.5 Å². The number of aromatic nitrogens is 2. The monoisotopic (exact) mass is 406 g/mol. The maximum Gasteiger partial charge on any atom is 0.233 e. The molecule has 30 heavy (non-hydrogen) atoms. The Morgan fingerprint density at radius 2 is 2.03 bits per heavy atom. The Hall–Kier alpha value is -3.03. The summed E-state index contributed by atoms with van der Waals surface area (Å²) in [6, 6.07) is 10.7. The summed E-state index contributed by atoms with van der Waals surface area (Å²) in [4.78, 5) is 21.3. The number of nitrogens with zero attached hydrogens (tertiary/aromatic N) is 2. The zero-order valence-electron chi connectivity index (χ0n) is 16.7. The summed E-state index contributed by atoms with van der Waals surface area (Å²) < 4.78 is 5.50. The molecule has 1 saturated carbocycles. The third-order valence-corrected chi connectivity index (χ3v) is 5.68. The first-order valence-corrected chi connectivity index (χ1v) is 9.85. The molecule has 7 heteroatoms. The predicted molar refractivity (Wildman–Crippen MR) is 111 cm³/mol. The van der Waals surface area contributed by atoms with Crippen LogP contribution >= 0.6 is 0 Å². The van der Waals surface area contributed by atoms with Crippen molar-refractivity contribution in [3.05, 3.63) is 84.6 Å². The van der Waals surface area contributed by atoms with Crippen LogP contribution in [0.5, 0.6) is 0 Å². The molecule has 7 nitrogen and oxygen atoms in total. The van der Waals surface area contributed by atoms with Gasteiger partial charge in [-0.05, 0) is 44.2 Å². The second-order valence-electron chi connectivity index (χ2n) is 7.89. The van der Waals surface area contributed by atoms with Crippen LogP contribution in [-0.4, -0.2) is 38.1 Å². The molecule has 0 saturated heterocycles. The van der Waals surface area contributed by atoms with Crippen molar-refractivity contribution in [2.75, 3.05) is 5.32 Å². The van der Waals surface area contributed by atoms with Crippen molar-refractivity contribution in [3.8, 4) is 0 Å². The van der Waals surface area contributed by atoms with Gasteiger partial charge in [-0.15, -0.1) is 0 Å². The fourth-order valence-electron chi connectivity index (χ4n) is 3.80. The molecular formula is C23H24N3O4. The molecule has 1 fully saturated rings. The van der Waals surface area contributed by atoms with Crippen LogP contribution in [0.1, 0.15) is 47.0 Å². The van der Waals surface area contributed by atoms with E-state index in [9.17, 15) is 15.0 Å². The highest BCUT2D eigenvalue weighted by Gasteiger charge is 2.32. The molecule has 3 aromatic rings. The van der Waals surface area contributed by atoms with E-state index in [4.69, 9.17) is 4.42 Å². The van der Waals surface area contributed by atoms with Gasteiger partial charge in [0.1, 0.15) is 17.7 Å². The number of anilines is 1. The number of rotatable bonds is 6. The number of aliphatic hydroxyl groups is 2. The Balaban J connectivity index is 1.58. The maximum absolute atomic E-state index is 13.1. The number of ketones is 1. The van der Waals surface area contributed by atoms with Crippen molar-refractivity contribution in [3.63, 3.8) is 0 Å². The van der Waals surface area contributed by atoms with Crippen LogP contribution in [0.15, 0.2) is 59.6 Å². The number of hydrogen-bond donors (Lipinski definition) is 3. The topological polar surface area (TPSA) is 108 Å². The van der Waals surface area contributed by atoms with E-state index in [1.54, 1.807) is 6.92 Å². The number of aliphatic hydroxyl groups excluding tert-OH is 1. The van der Waals surface area contributed by atoms with Crippen LogP contribution in [-0.2, 0) is 5.60 Å². The molecule has 0 aliphatic heterocycles. The van der Waals surface area contributed by atoms with Crippen molar-refractivity contribution in [1.29, 1.82) is 0 Å². The average molecular weight is 406 g/mol. The lowest BCUT2D eigenvalue weighted by Crippen LogP contribution is -2.22. The molecule has 0 unspecified atom stereocenters. The number of benzene rings is 1. The Morgan fingerprint density at radius 1 is 1.27 bits per heavy atom. The van der Waals surface area contributed by atoms with Gasteiger partial charge in [-0.1, -0.05) is 30.3 Å². The molecule has 1 aliphatic carbocycles. The fourth-order valence-corrected chi connectivity index (χ4v) is 3.80. The van der Waals surface area contributed by atoms with Crippen LogP contribution in [0.3, 0.4) is 0 Å². The number of hydrogen-bond acceptors (Lipinski definition) is 7. The smallest absolute Gasteiger partial charge is 0.233 e. The molecule has 1 aromatic carbocycles. The molecule has 2 aromatic heterocycles. The van der Waals surface area contributed by atoms with E-state index in [0.717, 1.165) is 0 Å². The molecule has 1 radical (unpaired) electrons. The van der Waals surface area contributed by atoms with Gasteiger partial charge in [0.25, 0.3) is 0 Å². The van der Waals surface area contributed by atoms with Gasteiger partial charge in [0.05, 0.1) is 17.9 Å². The van der Waals surface area contributed by atoms with Gasteiger partial charge in [0.15, 0.2) is 5.76 Å². The van der Waals surface area contributed by atoms with Crippen LogP contribution in [0, 0.1) is 12.8 Å². The standard InChI is InChI=1S/C23H24N3O4/c1-14-8-17(10-19(14)27)26-22-18(11-24-13-25-22)21(28)20-9-16(12-30-20)23(2,29)15-6-4-3-5-7-15/h3-7,9,11-14,17,19,27,29H,1,8,10H2,2H3,(H,24,25,26)/t14-,17-,19+,23-/m1/s1. The quantitative estimate of drug-likeness (QED) is 0.540. The van der Waals surface area contributed by atoms with Gasteiger partial charge in [0, 0.05) is 17.8 Å². The summed E-state index contributed by atoms with van der Waals surface area (Å²) in [7, 11) is 0. The molecule has 155 valence electrons. The van der Waals surface area contributed by atoms with Gasteiger partial charge in [0.2, 0.25) is 5.78 Å². The summed E-state index contributed by atoms with van der Waals surface area (Å²) >= 11 is 0. The van der Waals surface area contributed by atoms with Gasteiger partial charge in [-0.25, -0.2) is 9.97 Å². The van der Waals surface area contributed by atoms with Crippen molar-refractivity contribution < 1.29 is 19.4 Å². The summed E-state index contributed by atoms with van der Waals surface area (Å²) in [6.07, 6.45) is 4.93. The highest BCUT2D eigenvalue weighted by Crippen LogP contribution is 2.32. The molecule has 2 heterocycles. The normalized spacial score (nSPS) is 23.1. The Kier molecular flexibility index (Phi) is 5.40. The Morgan fingerprint density at radius 3 is 2.73 bits per heavy atom. The number of carbonyl (C=O) groups is 1. The number of nitrogens with one attached hydrogen (secondary N) is 1. The van der Waals surface area contributed by atoms with Crippen LogP contribution < -0.4 is 5.32 Å². The average Bonchev–Trinajstić information content (AvgIpc) is 3.36. The lowest BCUT2D eigenvalue weighted by molar-refractivity contribution is 0.100. The highest BCUT2D eigenvalue weighted by molar-refractivity contribution is 6.10. The first-order valence-electron chi connectivity index (χ1n) is 9.85. The number of furan rings is 1. The molecule has 4 rings (SSSR count). The van der Waals surface area contributed by atoms with E-state index in [1.807, 2.05) is 30.3 Å². The van der Waals surface area contributed by atoms with Crippen LogP contribution in [0.2, 0.25) is 0 Å². The SMILES string of the molecule is [CH2][C@@H]1C[C@@H](Nc2ncncc2C(=O)c2cc([C@](C)(O)c3ccccc3)co2)C[C@@H]1O. The largest absolute Gasteiger partial charge is 0.460 e. The maximum atomic E-state index is 13.1. The summed E-state index contributed by atoms with van der Waals surface area (Å²) in [5, 5.41) is 24.1. The third kappa shape index (κ3) is 3.86. The molecule has 0 bridgehead atoms. The van der Waals surface area contributed by atoms with E-state index >= 15 is 0 Å². The Bertz CT molecular complexity index is 1020. The minimum absolute atomic E-state index is 0.0325. The molecular weight excluding hydrogens is 382 g/mol. The second kappa shape index (κ2) is 8.01.